The Morgan fingerprint density at radius 2 is 1.54 bits per heavy atom. The summed E-state index contributed by atoms with van der Waals surface area (Å²) in [6.07, 6.45) is -4.27. The second kappa shape index (κ2) is 4.09. The first kappa shape index (κ1) is 17.7. The van der Waals surface area contributed by atoms with Crippen molar-refractivity contribution in [3.8, 4) is 0 Å². The van der Waals surface area contributed by atoms with Crippen LogP contribution in [0.4, 0.5) is 13.2 Å². The van der Waals surface area contributed by atoms with Crippen molar-refractivity contribution < 1.29 is 22.6 Å². The van der Waals surface area contributed by atoms with E-state index in [2.05, 4.69) is 9.47 Å². The molecule has 1 saturated heterocycles. The van der Waals surface area contributed by atoms with Crippen LogP contribution >= 0.6 is 0 Å². The van der Waals surface area contributed by atoms with Gasteiger partial charge in [0.2, 0.25) is 0 Å². The van der Waals surface area contributed by atoms with E-state index in [0.717, 1.165) is 13.8 Å². The molecular formula is C7H14F3O2Rf-. The first-order valence-electron chi connectivity index (χ1n) is 2.63. The van der Waals surface area contributed by atoms with E-state index in [1.807, 2.05) is 0 Å². The summed E-state index contributed by atoms with van der Waals surface area (Å²) in [6.45, 7) is 1.96. The number of hydrogen-bond donors (Lipinski definition) is 0. The summed E-state index contributed by atoms with van der Waals surface area (Å²) in [7, 11) is 0. The average molecular weight is 454 g/mol. The van der Waals surface area contributed by atoms with Crippen molar-refractivity contribution in [2.45, 2.75) is 40.9 Å². The summed E-state index contributed by atoms with van der Waals surface area (Å²) in [5.41, 5.74) is 0. The second-order valence-corrected chi connectivity index (χ2v) is 2.14. The Labute approximate surface area is 70.7 Å². The van der Waals surface area contributed by atoms with Gasteiger partial charge in [-0.1, -0.05) is 14.9 Å². The standard InChI is InChI=1S/C5H6F3O2.2CH4.Rf/c1-3-4(2,6)10-5(7,8)9-3;;;/h1-2H3;2*1H4;/q-1;;;. The molecule has 1 atom stereocenters. The molecule has 0 amide bonds. The molecule has 1 unspecified atom stereocenters. The van der Waals surface area contributed by atoms with Gasteiger partial charge in [0.1, 0.15) is 5.85 Å². The smallest absolute Gasteiger partial charge is 0.455 e. The maximum absolute atomic E-state index is 12.6. The fraction of sp³-hybridized carbons (Fsp3) is 0.857. The van der Waals surface area contributed by atoms with E-state index in [1.54, 1.807) is 0 Å². The molecule has 2 nitrogen and oxygen atoms in total. The van der Waals surface area contributed by atoms with E-state index in [0.29, 0.717) is 0 Å². The third-order valence-electron chi connectivity index (χ3n) is 1.21. The molecule has 1 aliphatic rings. The third kappa shape index (κ3) is 3.29. The first-order valence-corrected chi connectivity index (χ1v) is 2.63. The van der Waals surface area contributed by atoms with E-state index in [9.17, 15) is 13.2 Å². The molecule has 0 bridgehead atoms. The van der Waals surface area contributed by atoms with E-state index in [1.165, 1.54) is 0 Å². The van der Waals surface area contributed by atoms with Gasteiger partial charge in [-0.2, -0.15) is 6.92 Å². The van der Waals surface area contributed by atoms with Gasteiger partial charge in [0.15, 0.2) is 0 Å². The largest absolute Gasteiger partial charge is 0.465 e. The van der Waals surface area contributed by atoms with Crippen LogP contribution in [0.2, 0.25) is 0 Å². The number of hydrogen-bond acceptors (Lipinski definition) is 2. The van der Waals surface area contributed by atoms with Crippen LogP contribution in [0.15, 0.2) is 0 Å². The van der Waals surface area contributed by atoms with Crippen LogP contribution in [-0.2, 0) is 9.47 Å². The van der Waals surface area contributed by atoms with Gasteiger partial charge < -0.3 is 4.74 Å². The minimum absolute atomic E-state index is 0. The van der Waals surface area contributed by atoms with Crippen LogP contribution in [-0.4, -0.2) is 12.1 Å². The Balaban J connectivity index is -0.000000333. The van der Waals surface area contributed by atoms with Crippen molar-refractivity contribution in [1.29, 1.82) is 0 Å². The van der Waals surface area contributed by atoms with Crippen LogP contribution < -0.4 is 0 Å². The SMILES string of the molecule is C.C.C[C-]1OC(F)(F)OC1(C)F.[Rf]. The Hall–Kier alpha value is -1.29. The van der Waals surface area contributed by atoms with Gasteiger partial charge in [-0.25, -0.2) is 4.39 Å². The first-order chi connectivity index (χ1) is 4.33. The third-order valence-corrected chi connectivity index (χ3v) is 1.21. The Morgan fingerprint density at radius 1 is 1.15 bits per heavy atom. The molecule has 1 fully saturated rings. The fourth-order valence-electron chi connectivity index (χ4n) is 0.585. The van der Waals surface area contributed by atoms with Gasteiger partial charge in [-0.15, -0.1) is 14.9 Å². The zero-order chi connectivity index (χ0) is 7.99. The Morgan fingerprint density at radius 3 is 1.62 bits per heavy atom. The molecule has 0 aromatic heterocycles. The molecule has 0 radical (unpaired) electrons. The number of alkyl halides is 3. The minimum Gasteiger partial charge on any atom is -0.465 e. The van der Waals surface area contributed by atoms with E-state index in [-0.39, 0.29) is 14.9 Å². The zero-order valence-corrected chi connectivity index (χ0v) is 12.6. The van der Waals surface area contributed by atoms with E-state index >= 15 is 0 Å². The molecule has 78 valence electrons. The average Bonchev–Trinajstić information content (AvgIpc) is 1.73. The number of rotatable bonds is 0. The van der Waals surface area contributed by atoms with Crippen LogP contribution in [0, 0.1) is 6.10 Å². The summed E-state index contributed by atoms with van der Waals surface area (Å²) >= 11 is 0. The molecule has 0 aromatic rings. The van der Waals surface area contributed by atoms with Crippen molar-refractivity contribution in [3.63, 3.8) is 0 Å². The minimum atomic E-state index is -3.81. The zero-order valence-electron chi connectivity index (χ0n) is 6.16. The maximum atomic E-state index is 12.6. The number of halogens is 3. The molecule has 1 heterocycles. The summed E-state index contributed by atoms with van der Waals surface area (Å²) in [5, 5.41) is 0. The molecule has 0 saturated carbocycles. The van der Waals surface area contributed by atoms with Gasteiger partial charge in [-0.05, 0) is 6.92 Å². The molecule has 0 spiro atoms. The van der Waals surface area contributed by atoms with Crippen LogP contribution in [0.3, 0.4) is 0 Å². The van der Waals surface area contributed by atoms with Crippen LogP contribution in [0.1, 0.15) is 28.7 Å². The van der Waals surface area contributed by atoms with Gasteiger partial charge in [-0.3, -0.25) is 4.74 Å². The molecule has 0 aromatic carbocycles. The van der Waals surface area contributed by atoms with Gasteiger partial charge in [0, 0.05) is 0 Å². The quantitative estimate of drug-likeness (QED) is 0.524. The maximum Gasteiger partial charge on any atom is 0.455 e. The Bertz CT molecular complexity index is 153. The van der Waals surface area contributed by atoms with E-state index in [4.69, 9.17) is 0 Å². The molecule has 1 rings (SSSR count). The monoisotopic (exact) mass is 454 g/mol. The van der Waals surface area contributed by atoms with E-state index < -0.39 is 18.3 Å². The predicted octanol–water partition coefficient (Wildman–Crippen LogP) is 3.09. The molecular weight excluding hydrogens is 440 g/mol. The van der Waals surface area contributed by atoms with Gasteiger partial charge in [0.25, 0.3) is 0 Å². The summed E-state index contributed by atoms with van der Waals surface area (Å²) < 4.78 is 43.9. The van der Waals surface area contributed by atoms with Crippen molar-refractivity contribution in [3.05, 3.63) is 6.10 Å². The van der Waals surface area contributed by atoms with Crippen molar-refractivity contribution in [2.75, 3.05) is 0 Å². The van der Waals surface area contributed by atoms with Crippen LogP contribution in [0.25, 0.3) is 0 Å². The molecule has 1 aliphatic heterocycles. The number of ether oxygens (including phenoxy) is 2. The summed E-state index contributed by atoms with van der Waals surface area (Å²) in [5.74, 6) is -2.47. The summed E-state index contributed by atoms with van der Waals surface area (Å²) in [6, 6.07) is 0. The normalized spacial score (nSPS) is 31.2. The topological polar surface area (TPSA) is 18.5 Å². The molecule has 0 aliphatic carbocycles. The Kier molecular flexibility index (Phi) is 5.57. The predicted molar refractivity (Wildman–Crippen MR) is 39.0 cm³/mol. The van der Waals surface area contributed by atoms with Crippen molar-refractivity contribution in [1.82, 2.24) is 0 Å². The summed E-state index contributed by atoms with van der Waals surface area (Å²) in [4.78, 5) is 0. The fourth-order valence-corrected chi connectivity index (χ4v) is 0.585. The van der Waals surface area contributed by atoms with Gasteiger partial charge >= 0.3 is 6.29 Å². The van der Waals surface area contributed by atoms with Crippen molar-refractivity contribution >= 4 is 0 Å². The molecule has 6 heteroatoms. The van der Waals surface area contributed by atoms with Crippen molar-refractivity contribution in [2.24, 2.45) is 0 Å². The van der Waals surface area contributed by atoms with Gasteiger partial charge in [0.05, 0.1) is 0 Å². The molecule has 13 heavy (non-hydrogen) atoms. The second-order valence-electron chi connectivity index (χ2n) is 2.14. The van der Waals surface area contributed by atoms with Crippen LogP contribution in [0.5, 0.6) is 0 Å². The molecule has 0 N–H and O–H groups in total.